The highest BCUT2D eigenvalue weighted by atomic mass is 32.2. The lowest BCUT2D eigenvalue weighted by Crippen LogP contribution is -2.55. The van der Waals surface area contributed by atoms with Crippen LogP contribution in [-0.2, 0) is 14.9 Å². The largest absolute Gasteiger partial charge is 0.383 e. The number of nitrogens with one attached hydrogen (secondary N) is 1. The van der Waals surface area contributed by atoms with Crippen LogP contribution < -0.4 is 10.5 Å². The quantitative estimate of drug-likeness (QED) is 0.644. The van der Waals surface area contributed by atoms with Gasteiger partial charge in [0, 0.05) is 32.3 Å². The number of nitrogens with zero attached hydrogens (tertiary/aromatic N) is 1. The van der Waals surface area contributed by atoms with Crippen LogP contribution in [0.5, 0.6) is 0 Å². The lowest BCUT2D eigenvalue weighted by Gasteiger charge is -2.36. The molecule has 0 spiro atoms. The molecule has 0 aromatic heterocycles. The molecule has 1 fully saturated rings. The van der Waals surface area contributed by atoms with E-state index in [9.17, 15) is 8.42 Å². The second-order valence-electron chi connectivity index (χ2n) is 4.43. The normalized spacial score (nSPS) is 24.8. The Bertz CT molecular complexity index is 319. The first-order valence-corrected chi connectivity index (χ1v) is 7.44. The Morgan fingerprint density at radius 3 is 2.82 bits per heavy atom. The zero-order valence-corrected chi connectivity index (χ0v) is 11.4. The Kier molecular flexibility index (Phi) is 5.81. The van der Waals surface area contributed by atoms with E-state index in [1.807, 2.05) is 6.92 Å². The van der Waals surface area contributed by atoms with E-state index in [1.54, 1.807) is 7.11 Å². The standard InChI is InChI=1S/C10H23N3O3S/c1-9(11)10-5-3-4-7-13(10)17(14,15)12-6-8-16-2/h9-10,12H,3-8,11H2,1-2H3. The molecule has 0 bridgehead atoms. The van der Waals surface area contributed by atoms with Crippen LogP contribution in [0.4, 0.5) is 0 Å². The van der Waals surface area contributed by atoms with Crippen molar-refractivity contribution in [2.45, 2.75) is 38.3 Å². The van der Waals surface area contributed by atoms with Gasteiger partial charge in [0.15, 0.2) is 0 Å². The molecule has 102 valence electrons. The number of hydrogen-bond acceptors (Lipinski definition) is 4. The molecule has 0 aromatic rings. The number of rotatable bonds is 6. The molecule has 3 N–H and O–H groups in total. The summed E-state index contributed by atoms with van der Waals surface area (Å²) < 4.78 is 33.0. The summed E-state index contributed by atoms with van der Waals surface area (Å²) in [5.41, 5.74) is 5.85. The summed E-state index contributed by atoms with van der Waals surface area (Å²) in [6.45, 7) is 3.07. The van der Waals surface area contributed by atoms with E-state index in [0.717, 1.165) is 19.3 Å². The molecular weight excluding hydrogens is 242 g/mol. The fourth-order valence-corrected chi connectivity index (χ4v) is 3.64. The molecule has 0 aliphatic carbocycles. The molecule has 0 amide bonds. The van der Waals surface area contributed by atoms with Gasteiger partial charge >= 0.3 is 0 Å². The fraction of sp³-hybridized carbons (Fsp3) is 1.00. The van der Waals surface area contributed by atoms with E-state index in [-0.39, 0.29) is 12.1 Å². The molecular formula is C10H23N3O3S. The van der Waals surface area contributed by atoms with E-state index in [0.29, 0.717) is 19.7 Å². The van der Waals surface area contributed by atoms with Crippen molar-refractivity contribution in [3.8, 4) is 0 Å². The van der Waals surface area contributed by atoms with Gasteiger partial charge in [0.25, 0.3) is 10.2 Å². The van der Waals surface area contributed by atoms with Crippen LogP contribution in [0, 0.1) is 0 Å². The van der Waals surface area contributed by atoms with E-state index >= 15 is 0 Å². The van der Waals surface area contributed by atoms with Crippen LogP contribution in [0.25, 0.3) is 0 Å². The summed E-state index contributed by atoms with van der Waals surface area (Å²) in [5, 5.41) is 0. The Balaban J connectivity index is 2.66. The predicted octanol–water partition coefficient (Wildman–Crippen LogP) is -0.331. The molecule has 2 atom stereocenters. The van der Waals surface area contributed by atoms with E-state index in [2.05, 4.69) is 4.72 Å². The molecule has 1 rings (SSSR count). The lowest BCUT2D eigenvalue weighted by molar-refractivity contribution is 0.199. The van der Waals surface area contributed by atoms with Crippen LogP contribution in [0.1, 0.15) is 26.2 Å². The average molecular weight is 265 g/mol. The van der Waals surface area contributed by atoms with Crippen molar-refractivity contribution in [2.75, 3.05) is 26.8 Å². The molecule has 17 heavy (non-hydrogen) atoms. The molecule has 1 heterocycles. The van der Waals surface area contributed by atoms with Gasteiger partial charge < -0.3 is 10.5 Å². The van der Waals surface area contributed by atoms with E-state index in [4.69, 9.17) is 10.5 Å². The van der Waals surface area contributed by atoms with Crippen molar-refractivity contribution in [2.24, 2.45) is 5.73 Å². The van der Waals surface area contributed by atoms with Gasteiger partial charge in [0.1, 0.15) is 0 Å². The van der Waals surface area contributed by atoms with Crippen LogP contribution in [0.15, 0.2) is 0 Å². The summed E-state index contributed by atoms with van der Waals surface area (Å²) in [5.74, 6) is 0. The number of methoxy groups -OCH3 is 1. The third-order valence-corrected chi connectivity index (χ3v) is 4.64. The molecule has 0 saturated carbocycles. The molecule has 7 heteroatoms. The van der Waals surface area contributed by atoms with E-state index < -0.39 is 10.2 Å². The average Bonchev–Trinajstić information content (AvgIpc) is 2.29. The number of ether oxygens (including phenoxy) is 1. The first kappa shape index (κ1) is 14.8. The van der Waals surface area contributed by atoms with Gasteiger partial charge in [-0.25, -0.2) is 0 Å². The molecule has 1 aliphatic heterocycles. The highest BCUT2D eigenvalue weighted by Crippen LogP contribution is 2.21. The van der Waals surface area contributed by atoms with Crippen LogP contribution >= 0.6 is 0 Å². The molecule has 0 radical (unpaired) electrons. The zero-order valence-electron chi connectivity index (χ0n) is 10.6. The topological polar surface area (TPSA) is 84.7 Å². The smallest absolute Gasteiger partial charge is 0.279 e. The molecule has 0 aromatic carbocycles. The van der Waals surface area contributed by atoms with Gasteiger partial charge in [0.2, 0.25) is 0 Å². The highest BCUT2D eigenvalue weighted by Gasteiger charge is 2.33. The van der Waals surface area contributed by atoms with Gasteiger partial charge in [-0.15, -0.1) is 0 Å². The minimum absolute atomic E-state index is 0.0937. The first-order valence-electron chi connectivity index (χ1n) is 6.00. The third kappa shape index (κ3) is 4.18. The Labute approximate surface area is 104 Å². The second-order valence-corrected chi connectivity index (χ2v) is 6.13. The van der Waals surface area contributed by atoms with Gasteiger partial charge in [-0.2, -0.15) is 17.4 Å². The van der Waals surface area contributed by atoms with Crippen LogP contribution in [0.2, 0.25) is 0 Å². The number of piperidine rings is 1. The van der Waals surface area contributed by atoms with Gasteiger partial charge in [0.05, 0.1) is 6.61 Å². The molecule has 1 aliphatic rings. The van der Waals surface area contributed by atoms with Crippen LogP contribution in [0.3, 0.4) is 0 Å². The summed E-state index contributed by atoms with van der Waals surface area (Å²) in [6.07, 6.45) is 2.77. The number of nitrogens with two attached hydrogens (primary N) is 1. The summed E-state index contributed by atoms with van der Waals surface area (Å²) >= 11 is 0. The van der Waals surface area contributed by atoms with Crippen molar-refractivity contribution < 1.29 is 13.2 Å². The first-order chi connectivity index (χ1) is 7.99. The third-order valence-electron chi connectivity index (χ3n) is 3.00. The minimum atomic E-state index is -3.43. The Morgan fingerprint density at radius 1 is 1.53 bits per heavy atom. The van der Waals surface area contributed by atoms with Crippen molar-refractivity contribution in [1.82, 2.24) is 9.03 Å². The maximum absolute atomic E-state index is 12.1. The van der Waals surface area contributed by atoms with Gasteiger partial charge in [-0.05, 0) is 19.8 Å². The van der Waals surface area contributed by atoms with E-state index in [1.165, 1.54) is 4.31 Å². The second kappa shape index (κ2) is 6.65. The fourth-order valence-electron chi connectivity index (χ4n) is 2.11. The Morgan fingerprint density at radius 2 is 2.24 bits per heavy atom. The van der Waals surface area contributed by atoms with Crippen molar-refractivity contribution >= 4 is 10.2 Å². The molecule has 2 unspecified atom stereocenters. The van der Waals surface area contributed by atoms with Gasteiger partial charge in [-0.3, -0.25) is 0 Å². The van der Waals surface area contributed by atoms with Crippen LogP contribution in [-0.4, -0.2) is 51.6 Å². The number of hydrogen-bond donors (Lipinski definition) is 2. The maximum Gasteiger partial charge on any atom is 0.279 e. The predicted molar refractivity (Wildman–Crippen MR) is 66.8 cm³/mol. The Hall–Kier alpha value is -0.210. The van der Waals surface area contributed by atoms with Crippen molar-refractivity contribution in [3.05, 3.63) is 0 Å². The molecule has 1 saturated heterocycles. The monoisotopic (exact) mass is 265 g/mol. The maximum atomic E-state index is 12.1. The SMILES string of the molecule is COCCNS(=O)(=O)N1CCCCC1C(C)N. The van der Waals surface area contributed by atoms with Gasteiger partial charge in [-0.1, -0.05) is 6.42 Å². The zero-order chi connectivity index (χ0) is 12.9. The minimum Gasteiger partial charge on any atom is -0.383 e. The molecule has 6 nitrogen and oxygen atoms in total. The summed E-state index contributed by atoms with van der Waals surface area (Å²) in [6, 6.07) is -0.238. The lowest BCUT2D eigenvalue weighted by atomic mass is 10.00. The summed E-state index contributed by atoms with van der Waals surface area (Å²) in [7, 11) is -1.88. The van der Waals surface area contributed by atoms with Crippen molar-refractivity contribution in [3.63, 3.8) is 0 Å². The highest BCUT2D eigenvalue weighted by molar-refractivity contribution is 7.87. The van der Waals surface area contributed by atoms with Crippen molar-refractivity contribution in [1.29, 1.82) is 0 Å². The summed E-state index contributed by atoms with van der Waals surface area (Å²) in [4.78, 5) is 0.